The van der Waals surface area contributed by atoms with Gasteiger partial charge in [0.15, 0.2) is 0 Å². The summed E-state index contributed by atoms with van der Waals surface area (Å²) in [5, 5.41) is 5.49. The average Bonchev–Trinajstić information content (AvgIpc) is 2.90. The van der Waals surface area contributed by atoms with E-state index in [0.29, 0.717) is 0 Å². The van der Waals surface area contributed by atoms with Crippen molar-refractivity contribution in [3.05, 3.63) is 59.3 Å². The Morgan fingerprint density at radius 2 is 2.06 bits per heavy atom. The van der Waals surface area contributed by atoms with Crippen molar-refractivity contribution < 1.29 is 4.74 Å². The minimum Gasteiger partial charge on any atom is -0.497 e. The van der Waals surface area contributed by atoms with E-state index in [1.807, 2.05) is 36.4 Å². The molecule has 0 unspecified atom stereocenters. The van der Waals surface area contributed by atoms with Crippen molar-refractivity contribution in [3.8, 4) is 5.75 Å². The molecule has 3 heteroatoms. The second-order valence-electron chi connectivity index (χ2n) is 3.60. The summed E-state index contributed by atoms with van der Waals surface area (Å²) in [6.07, 6.45) is 1.91. The van der Waals surface area contributed by atoms with Crippen molar-refractivity contribution in [1.29, 1.82) is 0 Å². The van der Waals surface area contributed by atoms with E-state index in [9.17, 15) is 0 Å². The van der Waals surface area contributed by atoms with Gasteiger partial charge < -0.3 is 10.1 Å². The molecule has 88 valence electrons. The zero-order valence-corrected chi connectivity index (χ0v) is 10.5. The molecule has 0 aliphatic rings. The van der Waals surface area contributed by atoms with Gasteiger partial charge in [-0.2, -0.15) is 0 Å². The summed E-state index contributed by atoms with van der Waals surface area (Å²) in [5.41, 5.74) is 1.06. The third kappa shape index (κ3) is 2.88. The fraction of sp³-hybridized carbons (Fsp3) is 0.143. The molecule has 1 atom stereocenters. The molecule has 2 rings (SSSR count). The molecule has 1 heterocycles. The quantitative estimate of drug-likeness (QED) is 0.801. The van der Waals surface area contributed by atoms with Crippen LogP contribution in [0.3, 0.4) is 0 Å². The van der Waals surface area contributed by atoms with E-state index < -0.39 is 0 Å². The average molecular weight is 245 g/mol. The predicted molar refractivity (Wildman–Crippen MR) is 73.9 cm³/mol. The van der Waals surface area contributed by atoms with Crippen LogP contribution in [0.2, 0.25) is 0 Å². The SMILES string of the molecule is C=C[C@@H](Nc1ccc(OC)cc1)c1cccs1. The van der Waals surface area contributed by atoms with Gasteiger partial charge in [0.2, 0.25) is 0 Å². The minimum absolute atomic E-state index is 0.156. The van der Waals surface area contributed by atoms with Gasteiger partial charge in [0.25, 0.3) is 0 Å². The molecular formula is C14H15NOS. The van der Waals surface area contributed by atoms with Crippen LogP contribution < -0.4 is 10.1 Å². The zero-order valence-electron chi connectivity index (χ0n) is 9.72. The van der Waals surface area contributed by atoms with Crippen molar-refractivity contribution in [2.75, 3.05) is 12.4 Å². The van der Waals surface area contributed by atoms with Crippen LogP contribution in [-0.2, 0) is 0 Å². The van der Waals surface area contributed by atoms with Crippen LogP contribution in [0.25, 0.3) is 0 Å². The highest BCUT2D eigenvalue weighted by Crippen LogP contribution is 2.25. The summed E-state index contributed by atoms with van der Waals surface area (Å²) < 4.78 is 5.13. The number of methoxy groups -OCH3 is 1. The third-order valence-corrected chi connectivity index (χ3v) is 3.45. The highest BCUT2D eigenvalue weighted by atomic mass is 32.1. The highest BCUT2D eigenvalue weighted by molar-refractivity contribution is 7.10. The fourth-order valence-electron chi connectivity index (χ4n) is 1.58. The Bertz CT molecular complexity index is 461. The standard InChI is InChI=1S/C14H15NOS/c1-3-13(14-5-4-10-17-14)15-11-6-8-12(16-2)9-7-11/h3-10,13,15H,1H2,2H3/t13-/m1/s1. The van der Waals surface area contributed by atoms with E-state index in [1.54, 1.807) is 18.4 Å². The first kappa shape index (κ1) is 11.7. The Balaban J connectivity index is 2.10. The maximum Gasteiger partial charge on any atom is 0.119 e. The van der Waals surface area contributed by atoms with Crippen LogP contribution >= 0.6 is 11.3 Å². The van der Waals surface area contributed by atoms with Crippen LogP contribution in [0, 0.1) is 0 Å². The van der Waals surface area contributed by atoms with Gasteiger partial charge in [0.05, 0.1) is 13.2 Å². The summed E-state index contributed by atoms with van der Waals surface area (Å²) in [5.74, 6) is 0.863. The monoisotopic (exact) mass is 245 g/mol. The zero-order chi connectivity index (χ0) is 12.1. The van der Waals surface area contributed by atoms with Gasteiger partial charge in [-0.15, -0.1) is 17.9 Å². The van der Waals surface area contributed by atoms with Gasteiger partial charge in [-0.25, -0.2) is 0 Å². The number of rotatable bonds is 5. The number of thiophene rings is 1. The van der Waals surface area contributed by atoms with Gasteiger partial charge in [-0.3, -0.25) is 0 Å². The molecule has 0 fully saturated rings. The van der Waals surface area contributed by atoms with Crippen molar-refractivity contribution in [3.63, 3.8) is 0 Å². The van der Waals surface area contributed by atoms with Crippen molar-refractivity contribution >= 4 is 17.0 Å². The maximum absolute atomic E-state index is 5.13. The molecule has 0 saturated carbocycles. The third-order valence-electron chi connectivity index (χ3n) is 2.50. The molecule has 17 heavy (non-hydrogen) atoms. The lowest BCUT2D eigenvalue weighted by molar-refractivity contribution is 0.415. The molecule has 0 radical (unpaired) electrons. The Kier molecular flexibility index (Phi) is 3.83. The molecular weight excluding hydrogens is 230 g/mol. The maximum atomic E-state index is 5.13. The molecule has 0 spiro atoms. The number of hydrogen-bond donors (Lipinski definition) is 1. The van der Waals surface area contributed by atoms with Crippen LogP contribution in [-0.4, -0.2) is 7.11 Å². The van der Waals surface area contributed by atoms with E-state index in [0.717, 1.165) is 11.4 Å². The molecule has 1 aromatic carbocycles. The highest BCUT2D eigenvalue weighted by Gasteiger charge is 2.07. The normalized spacial score (nSPS) is 11.8. The molecule has 0 aliphatic carbocycles. The van der Waals surface area contributed by atoms with Gasteiger partial charge in [-0.05, 0) is 35.7 Å². The summed E-state index contributed by atoms with van der Waals surface area (Å²) in [4.78, 5) is 1.26. The first-order chi connectivity index (χ1) is 8.33. The van der Waals surface area contributed by atoms with Crippen LogP contribution in [0.5, 0.6) is 5.75 Å². The van der Waals surface area contributed by atoms with E-state index in [2.05, 4.69) is 23.3 Å². The van der Waals surface area contributed by atoms with Gasteiger partial charge in [0, 0.05) is 10.6 Å². The molecule has 1 N–H and O–H groups in total. The lowest BCUT2D eigenvalue weighted by Crippen LogP contribution is -2.05. The van der Waals surface area contributed by atoms with Crippen molar-refractivity contribution in [1.82, 2.24) is 0 Å². The fourth-order valence-corrected chi connectivity index (χ4v) is 2.35. The number of nitrogens with one attached hydrogen (secondary N) is 1. The second-order valence-corrected chi connectivity index (χ2v) is 4.58. The Labute approximate surface area is 106 Å². The van der Waals surface area contributed by atoms with Crippen LogP contribution in [0.1, 0.15) is 10.9 Å². The van der Waals surface area contributed by atoms with Gasteiger partial charge in [-0.1, -0.05) is 12.1 Å². The Morgan fingerprint density at radius 1 is 1.29 bits per heavy atom. The van der Waals surface area contributed by atoms with Crippen LogP contribution in [0.4, 0.5) is 5.69 Å². The van der Waals surface area contributed by atoms with E-state index >= 15 is 0 Å². The number of anilines is 1. The number of benzene rings is 1. The smallest absolute Gasteiger partial charge is 0.119 e. The Hall–Kier alpha value is -1.74. The summed E-state index contributed by atoms with van der Waals surface area (Å²) in [6, 6.07) is 12.2. The molecule has 2 nitrogen and oxygen atoms in total. The van der Waals surface area contributed by atoms with Gasteiger partial charge in [0.1, 0.15) is 5.75 Å². The Morgan fingerprint density at radius 3 is 2.59 bits per heavy atom. The first-order valence-electron chi connectivity index (χ1n) is 5.40. The van der Waals surface area contributed by atoms with E-state index in [1.165, 1.54) is 4.88 Å². The predicted octanol–water partition coefficient (Wildman–Crippen LogP) is 4.10. The molecule has 0 saturated heterocycles. The largest absolute Gasteiger partial charge is 0.497 e. The van der Waals surface area contributed by atoms with Crippen LogP contribution in [0.15, 0.2) is 54.4 Å². The van der Waals surface area contributed by atoms with Gasteiger partial charge >= 0.3 is 0 Å². The molecule has 0 aliphatic heterocycles. The molecule has 2 aromatic rings. The first-order valence-corrected chi connectivity index (χ1v) is 6.28. The lowest BCUT2D eigenvalue weighted by atomic mass is 10.2. The van der Waals surface area contributed by atoms with Crippen molar-refractivity contribution in [2.24, 2.45) is 0 Å². The van der Waals surface area contributed by atoms with E-state index in [-0.39, 0.29) is 6.04 Å². The van der Waals surface area contributed by atoms with E-state index in [4.69, 9.17) is 4.74 Å². The molecule has 0 amide bonds. The topological polar surface area (TPSA) is 21.3 Å². The minimum atomic E-state index is 0.156. The molecule has 0 bridgehead atoms. The number of ether oxygens (including phenoxy) is 1. The van der Waals surface area contributed by atoms with Crippen molar-refractivity contribution in [2.45, 2.75) is 6.04 Å². The lowest BCUT2D eigenvalue weighted by Gasteiger charge is -2.14. The second kappa shape index (κ2) is 5.55. The molecule has 1 aromatic heterocycles. The summed E-state index contributed by atoms with van der Waals surface area (Å²) in [7, 11) is 1.67. The summed E-state index contributed by atoms with van der Waals surface area (Å²) >= 11 is 1.72. The summed E-state index contributed by atoms with van der Waals surface area (Å²) in [6.45, 7) is 3.87. The number of hydrogen-bond acceptors (Lipinski definition) is 3.